The average Bonchev–Trinajstić information content (AvgIpc) is 2.33. The summed E-state index contributed by atoms with van der Waals surface area (Å²) in [6.07, 6.45) is 7.36. The molecule has 2 heterocycles. The van der Waals surface area contributed by atoms with Crippen molar-refractivity contribution in [1.29, 1.82) is 0 Å². The molecule has 82 valence electrons. The van der Waals surface area contributed by atoms with Crippen LogP contribution in [0.3, 0.4) is 0 Å². The van der Waals surface area contributed by atoms with Crippen molar-refractivity contribution in [1.82, 2.24) is 10.2 Å². The lowest BCUT2D eigenvalue weighted by Crippen LogP contribution is -2.35. The van der Waals surface area contributed by atoms with Crippen LogP contribution in [0.2, 0.25) is 0 Å². The van der Waals surface area contributed by atoms with Gasteiger partial charge in [0.15, 0.2) is 0 Å². The monoisotopic (exact) mass is 205 g/mol. The van der Waals surface area contributed by atoms with Crippen molar-refractivity contribution in [2.45, 2.75) is 6.42 Å². The summed E-state index contributed by atoms with van der Waals surface area (Å²) in [5.41, 5.74) is 1.33. The van der Waals surface area contributed by atoms with Crippen LogP contribution in [0.15, 0.2) is 42.1 Å². The number of hydrogen-bond donors (Lipinski definition) is 1. The largest absolute Gasteiger partial charge is 0.356 e. The summed E-state index contributed by atoms with van der Waals surface area (Å²) < 4.78 is 0. The lowest BCUT2D eigenvalue weighted by molar-refractivity contribution is 0.550. The quantitative estimate of drug-likeness (QED) is 0.658. The molecule has 0 aliphatic carbocycles. The second kappa shape index (κ2) is 6.19. The van der Waals surface area contributed by atoms with Crippen molar-refractivity contribution < 1.29 is 0 Å². The van der Waals surface area contributed by atoms with Gasteiger partial charge in [0.1, 0.15) is 5.84 Å². The zero-order valence-corrected chi connectivity index (χ0v) is 9.37. The predicted octanol–water partition coefficient (Wildman–Crippen LogP) is 1.57. The second-order valence-corrected chi connectivity index (χ2v) is 3.41. The zero-order valence-electron chi connectivity index (χ0n) is 9.37. The smallest absolute Gasteiger partial charge is 0.132 e. The first-order chi connectivity index (χ1) is 7.38. The molecule has 0 saturated heterocycles. The topological polar surface area (TPSA) is 27.6 Å². The molecule has 0 aromatic heterocycles. The number of amidine groups is 1. The first-order valence-electron chi connectivity index (χ1n) is 5.22. The molecule has 0 saturated carbocycles. The Morgan fingerprint density at radius 2 is 2.27 bits per heavy atom. The van der Waals surface area contributed by atoms with E-state index in [1.54, 1.807) is 0 Å². The zero-order chi connectivity index (χ0) is 11.1. The summed E-state index contributed by atoms with van der Waals surface area (Å²) in [6, 6.07) is 0. The predicted molar refractivity (Wildman–Crippen MR) is 66.0 cm³/mol. The number of nitrogens with one attached hydrogen (secondary N) is 1. The number of rotatable bonds is 1. The molecule has 3 nitrogen and oxygen atoms in total. The molecule has 0 fully saturated rings. The van der Waals surface area contributed by atoms with Gasteiger partial charge in [-0.3, -0.25) is 0 Å². The third kappa shape index (κ3) is 3.06. The van der Waals surface area contributed by atoms with Gasteiger partial charge in [0.05, 0.1) is 0 Å². The maximum Gasteiger partial charge on any atom is 0.132 e. The van der Waals surface area contributed by atoms with Crippen LogP contribution < -0.4 is 5.32 Å². The van der Waals surface area contributed by atoms with Crippen LogP contribution in [0, 0.1) is 0 Å². The van der Waals surface area contributed by atoms with E-state index in [0.717, 1.165) is 31.9 Å². The molecule has 0 aromatic carbocycles. The highest BCUT2D eigenvalue weighted by atomic mass is 15.2. The summed E-state index contributed by atoms with van der Waals surface area (Å²) in [5.74, 6) is 1.12. The molecule has 1 N–H and O–H groups in total. The van der Waals surface area contributed by atoms with E-state index in [9.17, 15) is 0 Å². The highest BCUT2D eigenvalue weighted by molar-refractivity contribution is 5.99. The Labute approximate surface area is 91.9 Å². The second-order valence-electron chi connectivity index (χ2n) is 3.41. The van der Waals surface area contributed by atoms with Crippen molar-refractivity contribution >= 4 is 5.84 Å². The van der Waals surface area contributed by atoms with E-state index < -0.39 is 0 Å². The number of likely N-dealkylation sites (N-methyl/N-ethyl adjacent to an activating group) is 1. The fourth-order valence-electron chi connectivity index (χ4n) is 1.66. The summed E-state index contributed by atoms with van der Waals surface area (Å²) >= 11 is 0. The Morgan fingerprint density at radius 3 is 2.87 bits per heavy atom. The van der Waals surface area contributed by atoms with Crippen LogP contribution >= 0.6 is 0 Å². The first-order valence-corrected chi connectivity index (χ1v) is 5.22. The molecule has 0 radical (unpaired) electrons. The molecule has 0 unspecified atom stereocenters. The van der Waals surface area contributed by atoms with Crippen LogP contribution in [0.4, 0.5) is 0 Å². The van der Waals surface area contributed by atoms with Gasteiger partial charge in [0.2, 0.25) is 0 Å². The van der Waals surface area contributed by atoms with E-state index in [1.165, 1.54) is 5.57 Å². The minimum absolute atomic E-state index is 0.955. The van der Waals surface area contributed by atoms with Gasteiger partial charge < -0.3 is 10.2 Å². The molecule has 0 amide bonds. The van der Waals surface area contributed by atoms with Gasteiger partial charge in [0, 0.05) is 31.9 Å². The fraction of sp³-hybridized carbons (Fsp3) is 0.417. The van der Waals surface area contributed by atoms with Crippen LogP contribution in [-0.2, 0) is 0 Å². The molecule has 15 heavy (non-hydrogen) atoms. The van der Waals surface area contributed by atoms with E-state index >= 15 is 0 Å². The molecule has 0 spiro atoms. The maximum absolute atomic E-state index is 4.39. The van der Waals surface area contributed by atoms with E-state index in [1.807, 2.05) is 6.20 Å². The molecular weight excluding hydrogens is 186 g/mol. The Kier molecular flexibility index (Phi) is 4.84. The Balaban J connectivity index is 0.000000531. The highest BCUT2D eigenvalue weighted by Crippen LogP contribution is 2.09. The van der Waals surface area contributed by atoms with Gasteiger partial charge in [0.25, 0.3) is 0 Å². The number of hydrogen-bond acceptors (Lipinski definition) is 3. The van der Waals surface area contributed by atoms with Crippen molar-refractivity contribution in [2.75, 3.05) is 26.7 Å². The van der Waals surface area contributed by atoms with Crippen LogP contribution in [0.25, 0.3) is 0 Å². The van der Waals surface area contributed by atoms with E-state index in [0.29, 0.717) is 0 Å². The van der Waals surface area contributed by atoms with Crippen LogP contribution in [-0.4, -0.2) is 37.4 Å². The number of nitrogens with zero attached hydrogens (tertiary/aromatic N) is 2. The Morgan fingerprint density at radius 1 is 1.47 bits per heavy atom. The molecule has 2 aliphatic heterocycles. The van der Waals surface area contributed by atoms with Gasteiger partial charge in [-0.2, -0.15) is 0 Å². The molecule has 0 bridgehead atoms. The highest BCUT2D eigenvalue weighted by Gasteiger charge is 2.14. The molecule has 3 heteroatoms. The van der Waals surface area contributed by atoms with Crippen molar-refractivity contribution in [3.8, 4) is 0 Å². The lowest BCUT2D eigenvalue weighted by atomic mass is 10.1. The molecule has 2 aliphatic rings. The minimum Gasteiger partial charge on any atom is -0.356 e. The summed E-state index contributed by atoms with van der Waals surface area (Å²) in [7, 11) is 2.08. The van der Waals surface area contributed by atoms with Gasteiger partial charge in [-0.05, 0) is 19.0 Å². The van der Waals surface area contributed by atoms with E-state index in [-0.39, 0.29) is 0 Å². The van der Waals surface area contributed by atoms with Crippen LogP contribution in [0.5, 0.6) is 0 Å². The van der Waals surface area contributed by atoms with Gasteiger partial charge in [-0.1, -0.05) is 6.08 Å². The van der Waals surface area contributed by atoms with E-state index in [2.05, 4.69) is 47.6 Å². The third-order valence-corrected chi connectivity index (χ3v) is 2.36. The maximum atomic E-state index is 4.39. The summed E-state index contributed by atoms with van der Waals surface area (Å²) in [4.78, 5) is 6.57. The summed E-state index contributed by atoms with van der Waals surface area (Å²) in [5, 5.41) is 3.35. The lowest BCUT2D eigenvalue weighted by Gasteiger charge is -2.25. The SMILES string of the molecule is C=C.CN1CC=CN=C1C1=CCCNC1. The average molecular weight is 205 g/mol. The van der Waals surface area contributed by atoms with Gasteiger partial charge in [-0.25, -0.2) is 4.99 Å². The molecule has 0 atom stereocenters. The van der Waals surface area contributed by atoms with Crippen molar-refractivity contribution in [3.05, 3.63) is 37.1 Å². The first kappa shape index (κ1) is 11.7. The third-order valence-electron chi connectivity index (χ3n) is 2.36. The Hall–Kier alpha value is -1.35. The van der Waals surface area contributed by atoms with Crippen LogP contribution in [0.1, 0.15) is 6.42 Å². The van der Waals surface area contributed by atoms with Crippen molar-refractivity contribution in [3.63, 3.8) is 0 Å². The van der Waals surface area contributed by atoms with Crippen molar-refractivity contribution in [2.24, 2.45) is 4.99 Å². The van der Waals surface area contributed by atoms with E-state index in [4.69, 9.17) is 0 Å². The summed E-state index contributed by atoms with van der Waals surface area (Å²) in [6.45, 7) is 9.02. The van der Waals surface area contributed by atoms with Gasteiger partial charge >= 0.3 is 0 Å². The van der Waals surface area contributed by atoms with Gasteiger partial charge in [-0.15, -0.1) is 13.2 Å². The Bertz CT molecular complexity index is 289. The standard InChI is InChI=1S/C10H15N3.C2H4/c1-13-7-3-6-12-10(13)9-4-2-5-11-8-9;1-2/h3-4,6,11H,2,5,7-8H2,1H3;1-2H2. The number of aliphatic imine (C=N–C) groups is 1. The minimum atomic E-state index is 0.955. The molecular formula is C12H19N3. The molecule has 0 aromatic rings. The normalized spacial score (nSPS) is 19.9. The fourth-order valence-corrected chi connectivity index (χ4v) is 1.66. The molecule has 2 rings (SSSR count).